The number of aromatic nitrogens is 1. The van der Waals surface area contributed by atoms with E-state index in [1.165, 1.54) is 10.8 Å². The number of fused-ring (bicyclic) bond motifs is 1. The average Bonchev–Trinajstić information content (AvgIpc) is 2.55. The highest BCUT2D eigenvalue weighted by atomic mass is 16.2. The third-order valence-electron chi connectivity index (χ3n) is 3.51. The second-order valence-corrected chi connectivity index (χ2v) is 5.08. The van der Waals surface area contributed by atoms with Crippen molar-refractivity contribution in [3.8, 4) is 0 Å². The predicted molar refractivity (Wildman–Crippen MR) is 84.0 cm³/mol. The normalized spacial score (nSPS) is 10.5. The minimum atomic E-state index is 0.00515. The van der Waals surface area contributed by atoms with E-state index in [1.807, 2.05) is 19.2 Å². The lowest BCUT2D eigenvalue weighted by molar-refractivity contribution is 0.0785. The summed E-state index contributed by atoms with van der Waals surface area (Å²) < 4.78 is 0. The Morgan fingerprint density at radius 1 is 1.00 bits per heavy atom. The molecule has 0 radical (unpaired) electrons. The first-order chi connectivity index (χ1) is 10.2. The largest absolute Gasteiger partial charge is 0.337 e. The molecule has 0 aliphatic carbocycles. The predicted octanol–water partition coefficient (Wildman–Crippen LogP) is 3.51. The van der Waals surface area contributed by atoms with Gasteiger partial charge in [0.25, 0.3) is 5.91 Å². The standard InChI is InChI=1S/C18H16N2O/c1-20(18(21)16-8-10-19-11-9-16)13-14-6-7-15-4-2-3-5-17(15)12-14/h2-12H,13H2,1H3. The van der Waals surface area contributed by atoms with Gasteiger partial charge in [0.1, 0.15) is 0 Å². The quantitative estimate of drug-likeness (QED) is 0.733. The number of rotatable bonds is 3. The molecule has 3 nitrogen and oxygen atoms in total. The summed E-state index contributed by atoms with van der Waals surface area (Å²) in [6, 6.07) is 18.0. The molecular formula is C18H16N2O. The van der Waals surface area contributed by atoms with Crippen LogP contribution in [0.5, 0.6) is 0 Å². The van der Waals surface area contributed by atoms with Gasteiger partial charge in [-0.3, -0.25) is 9.78 Å². The zero-order valence-corrected chi connectivity index (χ0v) is 11.9. The molecule has 2 aromatic carbocycles. The van der Waals surface area contributed by atoms with Gasteiger partial charge in [0, 0.05) is 31.5 Å². The maximum absolute atomic E-state index is 12.3. The van der Waals surface area contributed by atoms with Crippen molar-refractivity contribution in [2.75, 3.05) is 7.05 Å². The van der Waals surface area contributed by atoms with E-state index < -0.39 is 0 Å². The van der Waals surface area contributed by atoms with Crippen LogP contribution in [0.2, 0.25) is 0 Å². The van der Waals surface area contributed by atoms with E-state index in [1.54, 1.807) is 29.4 Å². The molecule has 0 unspecified atom stereocenters. The maximum atomic E-state index is 12.3. The second-order valence-electron chi connectivity index (χ2n) is 5.08. The fourth-order valence-corrected chi connectivity index (χ4v) is 2.40. The summed E-state index contributed by atoms with van der Waals surface area (Å²) in [5.41, 5.74) is 1.78. The SMILES string of the molecule is CN(Cc1ccc2ccccc2c1)C(=O)c1ccncc1. The van der Waals surface area contributed by atoms with Crippen LogP contribution >= 0.6 is 0 Å². The first kappa shape index (κ1) is 13.3. The summed E-state index contributed by atoms with van der Waals surface area (Å²) in [6.07, 6.45) is 3.27. The molecule has 0 bridgehead atoms. The summed E-state index contributed by atoms with van der Waals surface area (Å²) >= 11 is 0. The summed E-state index contributed by atoms with van der Waals surface area (Å²) in [6.45, 7) is 0.589. The molecule has 0 saturated heterocycles. The van der Waals surface area contributed by atoms with Crippen LogP contribution < -0.4 is 0 Å². The average molecular weight is 276 g/mol. The van der Waals surface area contributed by atoms with Crippen LogP contribution in [0.3, 0.4) is 0 Å². The molecule has 104 valence electrons. The lowest BCUT2D eigenvalue weighted by atomic mass is 10.1. The Labute approximate surface area is 123 Å². The van der Waals surface area contributed by atoms with Crippen LogP contribution in [0.4, 0.5) is 0 Å². The van der Waals surface area contributed by atoms with Gasteiger partial charge < -0.3 is 4.90 Å². The molecule has 3 aromatic rings. The number of pyridine rings is 1. The van der Waals surface area contributed by atoms with E-state index in [-0.39, 0.29) is 5.91 Å². The summed E-state index contributed by atoms with van der Waals surface area (Å²) in [5, 5.41) is 2.41. The van der Waals surface area contributed by atoms with Crippen LogP contribution in [0.25, 0.3) is 10.8 Å². The van der Waals surface area contributed by atoms with E-state index in [0.717, 1.165) is 5.56 Å². The van der Waals surface area contributed by atoms with Gasteiger partial charge in [0.15, 0.2) is 0 Å². The van der Waals surface area contributed by atoms with Crippen molar-refractivity contribution in [1.29, 1.82) is 0 Å². The van der Waals surface area contributed by atoms with Crippen LogP contribution in [-0.2, 0) is 6.54 Å². The monoisotopic (exact) mass is 276 g/mol. The van der Waals surface area contributed by atoms with Crippen molar-refractivity contribution in [1.82, 2.24) is 9.88 Å². The lowest BCUT2D eigenvalue weighted by Crippen LogP contribution is -2.26. The van der Waals surface area contributed by atoms with Gasteiger partial charge in [-0.15, -0.1) is 0 Å². The van der Waals surface area contributed by atoms with Crippen LogP contribution in [0.15, 0.2) is 67.0 Å². The van der Waals surface area contributed by atoms with E-state index >= 15 is 0 Å². The molecule has 21 heavy (non-hydrogen) atoms. The molecule has 1 aromatic heterocycles. The molecule has 0 saturated carbocycles. The molecule has 0 aliphatic rings. The molecule has 0 N–H and O–H groups in total. The Bertz CT molecular complexity index is 768. The van der Waals surface area contributed by atoms with Crippen molar-refractivity contribution >= 4 is 16.7 Å². The van der Waals surface area contributed by atoms with Crippen LogP contribution in [0, 0.1) is 0 Å². The van der Waals surface area contributed by atoms with Gasteiger partial charge >= 0.3 is 0 Å². The molecular weight excluding hydrogens is 260 g/mol. The zero-order valence-electron chi connectivity index (χ0n) is 11.9. The first-order valence-corrected chi connectivity index (χ1v) is 6.87. The third-order valence-corrected chi connectivity index (χ3v) is 3.51. The number of hydrogen-bond donors (Lipinski definition) is 0. The Morgan fingerprint density at radius 2 is 1.71 bits per heavy atom. The number of amides is 1. The Morgan fingerprint density at radius 3 is 2.48 bits per heavy atom. The van der Waals surface area contributed by atoms with Crippen LogP contribution in [0.1, 0.15) is 15.9 Å². The van der Waals surface area contributed by atoms with E-state index in [2.05, 4.69) is 35.3 Å². The summed E-state index contributed by atoms with van der Waals surface area (Å²) in [7, 11) is 1.82. The maximum Gasteiger partial charge on any atom is 0.254 e. The van der Waals surface area contributed by atoms with Gasteiger partial charge in [-0.2, -0.15) is 0 Å². The number of hydrogen-bond acceptors (Lipinski definition) is 2. The second kappa shape index (κ2) is 5.75. The smallest absolute Gasteiger partial charge is 0.254 e. The van der Waals surface area contributed by atoms with Gasteiger partial charge in [0.2, 0.25) is 0 Å². The summed E-state index contributed by atoms with van der Waals surface area (Å²) in [4.78, 5) is 18.0. The molecule has 0 atom stereocenters. The number of benzene rings is 2. The van der Waals surface area contributed by atoms with Crippen molar-refractivity contribution in [2.45, 2.75) is 6.54 Å². The Hall–Kier alpha value is -2.68. The van der Waals surface area contributed by atoms with E-state index in [4.69, 9.17) is 0 Å². The van der Waals surface area contributed by atoms with E-state index in [9.17, 15) is 4.79 Å². The lowest BCUT2D eigenvalue weighted by Gasteiger charge is -2.17. The molecule has 3 rings (SSSR count). The molecule has 0 aliphatic heterocycles. The van der Waals surface area contributed by atoms with Gasteiger partial charge in [-0.1, -0.05) is 36.4 Å². The molecule has 3 heteroatoms. The Kier molecular flexibility index (Phi) is 3.65. The highest BCUT2D eigenvalue weighted by molar-refractivity contribution is 5.93. The molecule has 1 heterocycles. The number of carbonyl (C=O) groups is 1. The molecule has 0 spiro atoms. The van der Waals surface area contributed by atoms with Crippen molar-refractivity contribution in [3.63, 3.8) is 0 Å². The van der Waals surface area contributed by atoms with Crippen LogP contribution in [-0.4, -0.2) is 22.8 Å². The van der Waals surface area contributed by atoms with E-state index in [0.29, 0.717) is 12.1 Å². The minimum absolute atomic E-state index is 0.00515. The fraction of sp³-hybridized carbons (Fsp3) is 0.111. The van der Waals surface area contributed by atoms with Crippen molar-refractivity contribution in [2.24, 2.45) is 0 Å². The zero-order chi connectivity index (χ0) is 14.7. The highest BCUT2D eigenvalue weighted by Gasteiger charge is 2.11. The number of carbonyl (C=O) groups excluding carboxylic acids is 1. The summed E-state index contributed by atoms with van der Waals surface area (Å²) in [5.74, 6) is 0.00515. The first-order valence-electron chi connectivity index (χ1n) is 6.87. The molecule has 1 amide bonds. The third kappa shape index (κ3) is 2.92. The van der Waals surface area contributed by atoms with Crippen molar-refractivity contribution in [3.05, 3.63) is 78.1 Å². The van der Waals surface area contributed by atoms with Gasteiger partial charge in [-0.25, -0.2) is 0 Å². The van der Waals surface area contributed by atoms with Gasteiger partial charge in [0.05, 0.1) is 0 Å². The number of nitrogens with zero attached hydrogens (tertiary/aromatic N) is 2. The van der Waals surface area contributed by atoms with Crippen molar-refractivity contribution < 1.29 is 4.79 Å². The highest BCUT2D eigenvalue weighted by Crippen LogP contribution is 2.17. The fourth-order valence-electron chi connectivity index (χ4n) is 2.40. The molecule has 0 fully saturated rings. The topological polar surface area (TPSA) is 33.2 Å². The van der Waals surface area contributed by atoms with Gasteiger partial charge in [-0.05, 0) is 34.5 Å². The Balaban J connectivity index is 1.80. The minimum Gasteiger partial charge on any atom is -0.337 e.